The molecule has 0 aromatic heterocycles. The van der Waals surface area contributed by atoms with Crippen molar-refractivity contribution in [3.8, 4) is 0 Å². The monoisotopic (exact) mass is 730 g/mol. The fourth-order valence-corrected chi connectivity index (χ4v) is 12.7. The fraction of sp³-hybridized carbons (Fsp3) is 0.0625. The number of sulfonamides is 4. The van der Waals surface area contributed by atoms with Gasteiger partial charge in [-0.05, 0) is 66.2 Å². The second-order valence-electron chi connectivity index (χ2n) is 10.0. The molecule has 5 rings (SSSR count). The van der Waals surface area contributed by atoms with Crippen LogP contribution < -0.4 is 0 Å². The van der Waals surface area contributed by atoms with Gasteiger partial charge in [-0.3, -0.25) is 0 Å². The topological polar surface area (TPSA) is 143 Å². The minimum Gasteiger partial charge on any atom is -0.206 e. The maximum absolute atomic E-state index is 14.5. The van der Waals surface area contributed by atoms with Crippen LogP contribution in [0.2, 0.25) is 5.02 Å². The van der Waals surface area contributed by atoms with Gasteiger partial charge in [-0.2, -0.15) is 0 Å². The first-order valence-corrected chi connectivity index (χ1v) is 19.9. The van der Waals surface area contributed by atoms with Crippen LogP contribution in [0.15, 0.2) is 165 Å². The van der Waals surface area contributed by atoms with Crippen LogP contribution in [-0.2, 0) is 40.1 Å². The summed E-state index contributed by atoms with van der Waals surface area (Å²) in [6, 6.07) is 30.1. The van der Waals surface area contributed by atoms with Crippen molar-refractivity contribution in [2.45, 2.75) is 25.6 Å². The van der Waals surface area contributed by atoms with Gasteiger partial charge in [0.25, 0.3) is 40.1 Å². The number of hydrogen-bond donors (Lipinski definition) is 0. The minimum absolute atomic E-state index is 0.0602. The maximum atomic E-state index is 14.5. The first kappa shape index (κ1) is 34.4. The minimum atomic E-state index is -5.05. The predicted molar refractivity (Wildman–Crippen MR) is 177 cm³/mol. The molecule has 0 saturated heterocycles. The second-order valence-corrected chi connectivity index (χ2v) is 18.3. The summed E-state index contributed by atoms with van der Waals surface area (Å²) in [5.74, 6) is 0. The first-order valence-electron chi connectivity index (χ1n) is 13.8. The number of benzene rings is 5. The van der Waals surface area contributed by atoms with Crippen molar-refractivity contribution in [1.29, 1.82) is 0 Å². The third-order valence-electron chi connectivity index (χ3n) is 6.98. The summed E-state index contributed by atoms with van der Waals surface area (Å²) in [5.41, 5.74) is -0.0898. The van der Waals surface area contributed by atoms with Gasteiger partial charge >= 0.3 is 0 Å². The Morgan fingerprint density at radius 3 is 1.13 bits per heavy atom. The molecule has 0 fully saturated rings. The van der Waals surface area contributed by atoms with Crippen molar-refractivity contribution in [1.82, 2.24) is 7.42 Å². The van der Waals surface area contributed by atoms with E-state index in [-0.39, 0.29) is 18.0 Å². The normalized spacial score (nSPS) is 13.4. The van der Waals surface area contributed by atoms with Crippen LogP contribution >= 0.6 is 11.6 Å². The molecule has 0 amide bonds. The molecule has 0 saturated carbocycles. The molecular weight excluding hydrogens is 704 g/mol. The van der Waals surface area contributed by atoms with E-state index in [0.29, 0.717) is 0 Å². The maximum Gasteiger partial charge on any atom is 0.256 e. The molecule has 0 aliphatic rings. The van der Waals surface area contributed by atoms with Gasteiger partial charge < -0.3 is 0 Å². The van der Waals surface area contributed by atoms with E-state index in [9.17, 15) is 33.7 Å². The molecular formula is C32H27ClN2O8S4. The molecule has 0 N–H and O–H groups in total. The Bertz CT molecular complexity index is 2160. The molecule has 10 nitrogen and oxygen atoms in total. The molecule has 0 aliphatic heterocycles. The summed E-state index contributed by atoms with van der Waals surface area (Å²) in [6.07, 6.45) is 0. The summed E-state index contributed by atoms with van der Waals surface area (Å²) in [4.78, 5) is -1.72. The van der Waals surface area contributed by atoms with E-state index in [0.717, 1.165) is 0 Å². The lowest BCUT2D eigenvalue weighted by atomic mass is 10.1. The third-order valence-corrected chi connectivity index (χ3v) is 15.9. The van der Waals surface area contributed by atoms with Gasteiger partial charge in [0.15, 0.2) is 0 Å². The summed E-state index contributed by atoms with van der Waals surface area (Å²) >= 11 is 6.30. The molecule has 0 bridgehead atoms. The van der Waals surface area contributed by atoms with Crippen molar-refractivity contribution in [3.05, 3.63) is 156 Å². The Hall–Kier alpha value is -3.89. The van der Waals surface area contributed by atoms with Crippen LogP contribution in [0.1, 0.15) is 11.6 Å². The summed E-state index contributed by atoms with van der Waals surface area (Å²) in [7, 11) is -20.0. The zero-order valence-electron chi connectivity index (χ0n) is 24.3. The van der Waals surface area contributed by atoms with E-state index >= 15 is 0 Å². The van der Waals surface area contributed by atoms with Crippen LogP contribution in [0.25, 0.3) is 0 Å². The molecule has 5 aromatic rings. The number of nitrogens with zero attached hydrogens (tertiary/aromatic N) is 2. The van der Waals surface area contributed by atoms with Crippen LogP contribution in [0.4, 0.5) is 0 Å². The van der Waals surface area contributed by atoms with E-state index in [1.54, 1.807) is 0 Å². The highest BCUT2D eigenvalue weighted by atomic mass is 35.5. The lowest BCUT2D eigenvalue weighted by Gasteiger charge is -2.33. The predicted octanol–water partition coefficient (Wildman–Crippen LogP) is 5.54. The standard InChI is InChI=1S/C32H27ClN2O8S4/c33-27-15-13-14-26(24-27)32(35(46(40,41)30-20-9-3-10-21-30)47(42,43)31-22-11-4-12-23-31)25-34(44(36,37)28-16-5-1-6-17-28)45(38,39)29-18-7-2-8-19-29/h1-24,32H,25H2. The van der Waals surface area contributed by atoms with Crippen molar-refractivity contribution >= 4 is 51.7 Å². The van der Waals surface area contributed by atoms with E-state index in [2.05, 4.69) is 0 Å². The SMILES string of the molecule is O=S(=O)(c1ccccc1)N(CC(c1cccc(Cl)c1)N(S(=O)(=O)c1ccccc1)S(=O)(=O)c1ccccc1)S(=O)(=O)c1ccccc1. The van der Waals surface area contributed by atoms with Crippen LogP contribution in [0.3, 0.4) is 0 Å². The highest BCUT2D eigenvalue weighted by molar-refractivity contribution is 8.04. The number of rotatable bonds is 12. The van der Waals surface area contributed by atoms with Gasteiger partial charge in [0.05, 0.1) is 32.2 Å². The fourth-order valence-electron chi connectivity index (χ4n) is 4.75. The molecule has 0 aliphatic carbocycles. The van der Waals surface area contributed by atoms with Crippen molar-refractivity contribution in [2.75, 3.05) is 6.54 Å². The van der Waals surface area contributed by atoms with Gasteiger partial charge in [-0.1, -0.05) is 104 Å². The third kappa shape index (κ3) is 7.04. The lowest BCUT2D eigenvalue weighted by molar-refractivity contribution is 0.383. The second kappa shape index (κ2) is 13.7. The van der Waals surface area contributed by atoms with E-state index in [4.69, 9.17) is 11.6 Å². The molecule has 1 unspecified atom stereocenters. The van der Waals surface area contributed by atoms with Gasteiger partial charge in [-0.15, -0.1) is 0 Å². The van der Waals surface area contributed by atoms with Gasteiger partial charge in [0, 0.05) is 5.02 Å². The number of hydrogen-bond acceptors (Lipinski definition) is 8. The van der Waals surface area contributed by atoms with Crippen LogP contribution in [0, 0.1) is 0 Å². The average Bonchev–Trinajstić information content (AvgIpc) is 3.07. The van der Waals surface area contributed by atoms with E-state index < -0.39 is 72.3 Å². The van der Waals surface area contributed by atoms with Crippen LogP contribution in [-0.4, -0.2) is 47.6 Å². The Labute approximate surface area is 279 Å². The zero-order chi connectivity index (χ0) is 33.9. The van der Waals surface area contributed by atoms with E-state index in [1.165, 1.54) is 146 Å². The summed E-state index contributed by atoms with van der Waals surface area (Å²) in [6.45, 7) is -1.19. The Balaban J connectivity index is 1.84. The molecule has 15 heteroatoms. The van der Waals surface area contributed by atoms with Crippen LogP contribution in [0.5, 0.6) is 0 Å². The Morgan fingerprint density at radius 2 is 0.787 bits per heavy atom. The molecule has 0 radical (unpaired) electrons. The average molecular weight is 731 g/mol. The molecule has 5 aromatic carbocycles. The first-order chi connectivity index (χ1) is 22.3. The van der Waals surface area contributed by atoms with Gasteiger partial charge in [-0.25, -0.2) is 33.7 Å². The smallest absolute Gasteiger partial charge is 0.206 e. The highest BCUT2D eigenvalue weighted by Gasteiger charge is 2.47. The summed E-state index contributed by atoms with van der Waals surface area (Å²) in [5, 5.41) is 0.0602. The van der Waals surface area contributed by atoms with Crippen molar-refractivity contribution in [3.63, 3.8) is 0 Å². The van der Waals surface area contributed by atoms with Gasteiger partial charge in [0.1, 0.15) is 0 Å². The van der Waals surface area contributed by atoms with Crippen molar-refractivity contribution < 1.29 is 33.7 Å². The Kier molecular flexibility index (Phi) is 10.0. The quantitative estimate of drug-likeness (QED) is 0.163. The molecule has 0 spiro atoms. The van der Waals surface area contributed by atoms with Gasteiger partial charge in [0.2, 0.25) is 0 Å². The number of halogens is 1. The highest BCUT2D eigenvalue weighted by Crippen LogP contribution is 2.38. The Morgan fingerprint density at radius 1 is 0.447 bits per heavy atom. The molecule has 0 heterocycles. The lowest BCUT2D eigenvalue weighted by Crippen LogP contribution is -2.47. The molecule has 1 atom stereocenters. The molecule has 47 heavy (non-hydrogen) atoms. The van der Waals surface area contributed by atoms with Crippen molar-refractivity contribution in [2.24, 2.45) is 0 Å². The molecule has 244 valence electrons. The zero-order valence-corrected chi connectivity index (χ0v) is 28.3. The largest absolute Gasteiger partial charge is 0.256 e. The summed E-state index contributed by atoms with van der Waals surface area (Å²) < 4.78 is 115. The van der Waals surface area contributed by atoms with E-state index in [1.807, 2.05) is 0 Å².